The molecule has 1 atom stereocenters. The number of ether oxygens (including phenoxy) is 1. The molecule has 3 rings (SSSR count). The van der Waals surface area contributed by atoms with Crippen LogP contribution in [0.1, 0.15) is 18.4 Å². The van der Waals surface area contributed by atoms with Gasteiger partial charge in [-0.15, -0.1) is 11.8 Å². The van der Waals surface area contributed by atoms with Gasteiger partial charge in [-0.3, -0.25) is 0 Å². The van der Waals surface area contributed by atoms with Gasteiger partial charge in [-0.1, -0.05) is 18.2 Å². The van der Waals surface area contributed by atoms with Gasteiger partial charge in [0.05, 0.1) is 6.10 Å². The lowest BCUT2D eigenvalue weighted by Crippen LogP contribution is -2.43. The van der Waals surface area contributed by atoms with Crippen molar-refractivity contribution in [2.75, 3.05) is 25.4 Å². The molecular weight excluding hydrogens is 352 g/mol. The predicted octanol–water partition coefficient (Wildman–Crippen LogP) is 4.23. The van der Waals surface area contributed by atoms with Crippen molar-refractivity contribution in [1.82, 2.24) is 10.2 Å². The van der Waals surface area contributed by atoms with Crippen molar-refractivity contribution in [3.8, 4) is 0 Å². The molecule has 6 heteroatoms. The molecule has 1 fully saturated rings. The van der Waals surface area contributed by atoms with Crippen LogP contribution in [0.3, 0.4) is 0 Å². The van der Waals surface area contributed by atoms with Crippen molar-refractivity contribution in [3.05, 3.63) is 52.7 Å². The Balaban J connectivity index is 1.47. The molecule has 1 N–H and O–H groups in total. The van der Waals surface area contributed by atoms with Crippen LogP contribution in [0.15, 0.2) is 52.1 Å². The minimum Gasteiger partial charge on any atom is -0.376 e. The summed E-state index contributed by atoms with van der Waals surface area (Å²) in [5.41, 5.74) is 1.18. The molecule has 2 heterocycles. The molecule has 0 saturated carbocycles. The molecule has 1 aliphatic heterocycles. The van der Waals surface area contributed by atoms with Crippen LogP contribution in [0.2, 0.25) is 0 Å². The van der Waals surface area contributed by atoms with Crippen molar-refractivity contribution >= 4 is 29.1 Å². The number of hydrogen-bond donors (Lipinski definition) is 1. The Hall–Kier alpha value is -1.50. The molecule has 1 aromatic carbocycles. The minimum absolute atomic E-state index is 0.00429. The van der Waals surface area contributed by atoms with Gasteiger partial charge in [0.2, 0.25) is 0 Å². The van der Waals surface area contributed by atoms with E-state index in [1.54, 1.807) is 23.1 Å². The summed E-state index contributed by atoms with van der Waals surface area (Å²) >= 11 is 3.42. The summed E-state index contributed by atoms with van der Waals surface area (Å²) in [4.78, 5) is 15.7. The number of benzene rings is 1. The van der Waals surface area contributed by atoms with Crippen LogP contribution in [0.4, 0.5) is 4.79 Å². The van der Waals surface area contributed by atoms with Crippen molar-refractivity contribution in [2.24, 2.45) is 0 Å². The summed E-state index contributed by atoms with van der Waals surface area (Å²) in [7, 11) is 0. The van der Waals surface area contributed by atoms with Crippen LogP contribution in [-0.2, 0) is 11.3 Å². The van der Waals surface area contributed by atoms with Crippen LogP contribution in [0.5, 0.6) is 0 Å². The number of carbonyl (C=O) groups excluding carboxylic acids is 1. The molecular formula is C19H24N2O2S2. The third-order valence-electron chi connectivity index (χ3n) is 4.08. The molecule has 2 amide bonds. The van der Waals surface area contributed by atoms with E-state index < -0.39 is 0 Å². The fourth-order valence-corrected chi connectivity index (χ4v) is 4.26. The normalized spacial score (nSPS) is 16.7. The van der Waals surface area contributed by atoms with Crippen LogP contribution in [0.25, 0.3) is 0 Å². The van der Waals surface area contributed by atoms with Gasteiger partial charge in [0.25, 0.3) is 0 Å². The number of nitrogens with zero attached hydrogens (tertiary/aromatic N) is 1. The second kappa shape index (κ2) is 9.85. The van der Waals surface area contributed by atoms with Gasteiger partial charge in [0, 0.05) is 36.9 Å². The summed E-state index contributed by atoms with van der Waals surface area (Å²) in [6.07, 6.45) is 2.30. The highest BCUT2D eigenvalue weighted by atomic mass is 32.2. The standard InChI is InChI=1S/C19H24N2O2S2/c22-19(20-9-12-25-18-6-2-1-3-7-18)21(13-16-8-11-24-15-16)14-17-5-4-10-23-17/h1-3,6-8,11,15,17H,4-5,9-10,12-14H2,(H,20,22). The van der Waals surface area contributed by atoms with Crippen LogP contribution in [-0.4, -0.2) is 42.5 Å². The van der Waals surface area contributed by atoms with Crippen LogP contribution in [0, 0.1) is 0 Å². The highest BCUT2D eigenvalue weighted by molar-refractivity contribution is 7.99. The van der Waals surface area contributed by atoms with Gasteiger partial charge < -0.3 is 15.0 Å². The third-order valence-corrected chi connectivity index (χ3v) is 5.82. The van der Waals surface area contributed by atoms with Gasteiger partial charge in [0.1, 0.15) is 0 Å². The van der Waals surface area contributed by atoms with Crippen LogP contribution >= 0.6 is 23.1 Å². The molecule has 0 bridgehead atoms. The zero-order valence-electron chi connectivity index (χ0n) is 14.2. The lowest BCUT2D eigenvalue weighted by molar-refractivity contribution is 0.0796. The first-order chi connectivity index (χ1) is 12.3. The Bertz CT molecular complexity index is 628. The third kappa shape index (κ3) is 6.06. The first-order valence-electron chi connectivity index (χ1n) is 8.64. The molecule has 2 aromatic rings. The van der Waals surface area contributed by atoms with Gasteiger partial charge in [-0.25, -0.2) is 4.79 Å². The number of carbonyl (C=O) groups is 1. The fourth-order valence-electron chi connectivity index (χ4n) is 2.81. The van der Waals surface area contributed by atoms with E-state index in [2.05, 4.69) is 28.9 Å². The second-order valence-corrected chi connectivity index (χ2v) is 7.99. The highest BCUT2D eigenvalue weighted by Crippen LogP contribution is 2.17. The van der Waals surface area contributed by atoms with E-state index in [0.29, 0.717) is 19.6 Å². The Labute approximate surface area is 157 Å². The van der Waals surface area contributed by atoms with Crippen molar-refractivity contribution in [3.63, 3.8) is 0 Å². The summed E-state index contributed by atoms with van der Waals surface area (Å²) in [5.74, 6) is 0.863. The summed E-state index contributed by atoms with van der Waals surface area (Å²) < 4.78 is 5.71. The SMILES string of the molecule is O=C(NCCSc1ccccc1)N(Cc1ccsc1)CC1CCCO1. The number of thioether (sulfide) groups is 1. The van der Waals surface area contributed by atoms with Gasteiger partial charge >= 0.3 is 6.03 Å². The average Bonchev–Trinajstić information content (AvgIpc) is 3.33. The first-order valence-corrected chi connectivity index (χ1v) is 10.6. The number of nitrogens with one attached hydrogen (secondary N) is 1. The summed E-state index contributed by atoms with van der Waals surface area (Å²) in [5, 5.41) is 7.20. The van der Waals surface area contributed by atoms with Gasteiger partial charge in [0.15, 0.2) is 0 Å². The van der Waals surface area contributed by atoms with Gasteiger partial charge in [-0.2, -0.15) is 11.3 Å². The summed E-state index contributed by atoms with van der Waals surface area (Å²) in [6.45, 7) is 2.77. The van der Waals surface area contributed by atoms with E-state index in [9.17, 15) is 4.79 Å². The molecule has 134 valence electrons. The molecule has 1 aromatic heterocycles. The largest absolute Gasteiger partial charge is 0.376 e. The molecule has 0 radical (unpaired) electrons. The van der Waals surface area contributed by atoms with Crippen molar-refractivity contribution in [1.29, 1.82) is 0 Å². The zero-order valence-corrected chi connectivity index (χ0v) is 15.9. The maximum Gasteiger partial charge on any atom is 0.317 e. The van der Waals surface area contributed by atoms with E-state index in [0.717, 1.165) is 25.2 Å². The number of hydrogen-bond acceptors (Lipinski definition) is 4. The Morgan fingerprint density at radius 3 is 2.92 bits per heavy atom. The Morgan fingerprint density at radius 1 is 1.32 bits per heavy atom. The average molecular weight is 377 g/mol. The number of thiophene rings is 1. The fraction of sp³-hybridized carbons (Fsp3) is 0.421. The van der Waals surface area contributed by atoms with Crippen molar-refractivity contribution in [2.45, 2.75) is 30.4 Å². The first kappa shape index (κ1) is 18.3. The number of urea groups is 1. The highest BCUT2D eigenvalue weighted by Gasteiger charge is 2.22. The predicted molar refractivity (Wildman–Crippen MR) is 104 cm³/mol. The Morgan fingerprint density at radius 2 is 2.20 bits per heavy atom. The van der Waals surface area contributed by atoms with E-state index >= 15 is 0 Å². The maximum absolute atomic E-state index is 12.6. The Kier molecular flexibility index (Phi) is 7.21. The molecule has 1 aliphatic rings. The number of amides is 2. The zero-order chi connectivity index (χ0) is 17.3. The lowest BCUT2D eigenvalue weighted by Gasteiger charge is -2.25. The maximum atomic E-state index is 12.6. The van der Waals surface area contributed by atoms with E-state index in [-0.39, 0.29) is 12.1 Å². The molecule has 4 nitrogen and oxygen atoms in total. The molecule has 0 spiro atoms. The van der Waals surface area contributed by atoms with E-state index in [1.807, 2.05) is 28.5 Å². The van der Waals surface area contributed by atoms with Crippen LogP contribution < -0.4 is 5.32 Å². The molecule has 0 aliphatic carbocycles. The molecule has 1 saturated heterocycles. The lowest BCUT2D eigenvalue weighted by atomic mass is 10.2. The van der Waals surface area contributed by atoms with Crippen molar-refractivity contribution < 1.29 is 9.53 Å². The summed E-state index contributed by atoms with van der Waals surface area (Å²) in [6, 6.07) is 12.3. The number of rotatable bonds is 8. The topological polar surface area (TPSA) is 41.6 Å². The quantitative estimate of drug-likeness (QED) is 0.554. The van der Waals surface area contributed by atoms with E-state index in [1.165, 1.54) is 10.5 Å². The van der Waals surface area contributed by atoms with E-state index in [4.69, 9.17) is 4.74 Å². The monoisotopic (exact) mass is 376 g/mol. The second-order valence-electron chi connectivity index (χ2n) is 6.04. The molecule has 25 heavy (non-hydrogen) atoms. The minimum atomic E-state index is -0.00429. The molecule has 1 unspecified atom stereocenters. The van der Waals surface area contributed by atoms with Gasteiger partial charge in [-0.05, 0) is 47.4 Å². The smallest absolute Gasteiger partial charge is 0.317 e.